The summed E-state index contributed by atoms with van der Waals surface area (Å²) < 4.78 is 18.3. The number of hydrogen-bond donors (Lipinski definition) is 1. The number of imidazole rings is 1. The molecular weight excluding hydrogens is 429 g/mol. The maximum atomic E-state index is 12.6. The number of nitrogens with one attached hydrogen (secondary N) is 1. The van der Waals surface area contributed by atoms with E-state index in [0.717, 1.165) is 22.9 Å². The summed E-state index contributed by atoms with van der Waals surface area (Å²) in [5, 5.41) is 6.67. The number of hydrogen-bond acceptors (Lipinski definition) is 5. The number of amides is 1. The second-order valence-corrected chi connectivity index (χ2v) is 7.00. The summed E-state index contributed by atoms with van der Waals surface area (Å²) in [6, 6.07) is 11.0. The fraction of sp³-hybridized carbons (Fsp3) is 0.158. The van der Waals surface area contributed by atoms with Crippen molar-refractivity contribution in [3.63, 3.8) is 0 Å². The Hall–Kier alpha value is -3.07. The Kier molecular flexibility index (Phi) is 5.16. The molecule has 142 valence electrons. The molecule has 3 heterocycles. The molecule has 1 amide bonds. The quantitative estimate of drug-likeness (QED) is 0.503. The summed E-state index contributed by atoms with van der Waals surface area (Å²) in [6.45, 7) is 0. The third-order valence-electron chi connectivity index (χ3n) is 3.99. The Morgan fingerprint density at radius 2 is 2.07 bits per heavy atom. The number of alkyl halides is 1. The van der Waals surface area contributed by atoms with E-state index in [0.29, 0.717) is 22.9 Å². The number of aromatic nitrogens is 4. The van der Waals surface area contributed by atoms with E-state index in [2.05, 4.69) is 36.4 Å². The largest absolute Gasteiger partial charge is 0.342 e. The van der Waals surface area contributed by atoms with Gasteiger partial charge in [-0.15, -0.1) is 0 Å². The van der Waals surface area contributed by atoms with Crippen molar-refractivity contribution in [2.75, 3.05) is 5.32 Å². The topological polar surface area (TPSA) is 85.3 Å². The van der Waals surface area contributed by atoms with E-state index in [4.69, 9.17) is 4.52 Å². The predicted octanol–water partition coefficient (Wildman–Crippen LogP) is 4.52. The Morgan fingerprint density at radius 3 is 2.79 bits per heavy atom. The zero-order valence-corrected chi connectivity index (χ0v) is 16.1. The highest BCUT2D eigenvalue weighted by molar-refractivity contribution is 9.10. The molecule has 0 atom stereocenters. The van der Waals surface area contributed by atoms with Gasteiger partial charge in [0.1, 0.15) is 17.5 Å². The molecule has 1 saturated carbocycles. The van der Waals surface area contributed by atoms with E-state index < -0.39 is 6.17 Å². The predicted molar refractivity (Wildman–Crippen MR) is 105 cm³/mol. The minimum absolute atomic E-state index is 0.264. The van der Waals surface area contributed by atoms with Gasteiger partial charge in [0, 0.05) is 16.2 Å². The van der Waals surface area contributed by atoms with Crippen LogP contribution in [-0.2, 0) is 0 Å². The van der Waals surface area contributed by atoms with Crippen LogP contribution in [-0.4, -0.2) is 31.6 Å². The van der Waals surface area contributed by atoms with E-state index in [1.807, 2.05) is 30.3 Å². The van der Waals surface area contributed by atoms with Crippen LogP contribution in [0, 0.1) is 0 Å². The third kappa shape index (κ3) is 4.09. The highest BCUT2D eigenvalue weighted by Gasteiger charge is 2.18. The van der Waals surface area contributed by atoms with Gasteiger partial charge in [-0.1, -0.05) is 11.2 Å². The van der Waals surface area contributed by atoms with Crippen molar-refractivity contribution in [2.24, 2.45) is 0 Å². The number of halogens is 2. The van der Waals surface area contributed by atoms with Crippen LogP contribution in [0.1, 0.15) is 23.3 Å². The highest BCUT2D eigenvalue weighted by atomic mass is 79.9. The maximum absolute atomic E-state index is 12.6. The fourth-order valence-electron chi connectivity index (χ4n) is 2.41. The lowest BCUT2D eigenvalue weighted by Crippen LogP contribution is -2.14. The molecule has 5 rings (SSSR count). The van der Waals surface area contributed by atoms with Gasteiger partial charge in [-0.2, -0.15) is 4.98 Å². The van der Waals surface area contributed by atoms with E-state index in [-0.39, 0.29) is 5.91 Å². The lowest BCUT2D eigenvalue weighted by molar-refractivity contribution is 0.102. The minimum atomic E-state index is -0.417. The van der Waals surface area contributed by atoms with Crippen molar-refractivity contribution in [2.45, 2.75) is 19.0 Å². The van der Waals surface area contributed by atoms with Crippen molar-refractivity contribution in [1.82, 2.24) is 19.5 Å². The van der Waals surface area contributed by atoms with Crippen molar-refractivity contribution >= 4 is 33.2 Å². The lowest BCUT2D eigenvalue weighted by Gasteiger charge is -2.08. The van der Waals surface area contributed by atoms with Crippen LogP contribution in [0.2, 0.25) is 0 Å². The van der Waals surface area contributed by atoms with Gasteiger partial charge >= 0.3 is 0 Å². The van der Waals surface area contributed by atoms with Crippen LogP contribution in [0.25, 0.3) is 17.0 Å². The summed E-state index contributed by atoms with van der Waals surface area (Å²) in [7, 11) is 0. The number of anilines is 1. The molecule has 9 heteroatoms. The Labute approximate surface area is 167 Å². The van der Waals surface area contributed by atoms with Crippen molar-refractivity contribution in [3.05, 3.63) is 65.4 Å². The van der Waals surface area contributed by atoms with Gasteiger partial charge in [0.15, 0.2) is 0 Å². The van der Waals surface area contributed by atoms with Gasteiger partial charge in [0.05, 0.1) is 11.9 Å². The van der Waals surface area contributed by atoms with Gasteiger partial charge in [0.25, 0.3) is 5.91 Å². The first kappa shape index (κ1) is 18.3. The van der Waals surface area contributed by atoms with Crippen LogP contribution in [0.15, 0.2) is 64.2 Å². The monoisotopic (exact) mass is 443 g/mol. The SMILES string of the molecule is FC1CC1.O=C(Nc1cc(-c2ncon2)ccc1Br)c1cnc2ccccn12. The van der Waals surface area contributed by atoms with Crippen LogP contribution < -0.4 is 5.32 Å². The van der Waals surface area contributed by atoms with Gasteiger partial charge in [-0.05, 0) is 59.1 Å². The Bertz CT molecular complexity index is 1110. The highest BCUT2D eigenvalue weighted by Crippen LogP contribution is 2.28. The van der Waals surface area contributed by atoms with Gasteiger partial charge in [0.2, 0.25) is 12.2 Å². The van der Waals surface area contributed by atoms with Crippen molar-refractivity contribution in [1.29, 1.82) is 0 Å². The number of pyridine rings is 1. The van der Waals surface area contributed by atoms with Crippen LogP contribution >= 0.6 is 15.9 Å². The van der Waals surface area contributed by atoms with Crippen molar-refractivity contribution < 1.29 is 13.7 Å². The number of fused-ring (bicyclic) bond motifs is 1. The average molecular weight is 444 g/mol. The van der Waals surface area contributed by atoms with Gasteiger partial charge in [-0.25, -0.2) is 9.37 Å². The molecule has 0 bridgehead atoms. The molecule has 3 aromatic heterocycles. The van der Waals surface area contributed by atoms with E-state index in [1.165, 1.54) is 6.39 Å². The second-order valence-electron chi connectivity index (χ2n) is 6.15. The zero-order chi connectivity index (χ0) is 19.5. The van der Waals surface area contributed by atoms with Gasteiger partial charge < -0.3 is 9.84 Å². The van der Waals surface area contributed by atoms with Gasteiger partial charge in [-0.3, -0.25) is 9.20 Å². The number of carbonyl (C=O) groups is 1. The molecule has 1 aliphatic carbocycles. The van der Waals surface area contributed by atoms with Crippen LogP contribution in [0.5, 0.6) is 0 Å². The lowest BCUT2D eigenvalue weighted by atomic mass is 10.2. The summed E-state index contributed by atoms with van der Waals surface area (Å²) in [5.74, 6) is 0.187. The normalized spacial score (nSPS) is 13.1. The minimum Gasteiger partial charge on any atom is -0.342 e. The molecule has 1 aromatic carbocycles. The fourth-order valence-corrected chi connectivity index (χ4v) is 2.75. The van der Waals surface area contributed by atoms with E-state index >= 15 is 0 Å². The molecule has 0 aliphatic heterocycles. The molecular formula is C19H15BrFN5O2. The Balaban J connectivity index is 0.000000429. The molecule has 0 unspecified atom stereocenters. The molecule has 1 fully saturated rings. The molecule has 1 aliphatic rings. The Morgan fingerprint density at radius 1 is 1.25 bits per heavy atom. The number of carbonyl (C=O) groups excluding carboxylic acids is 1. The summed E-state index contributed by atoms with van der Waals surface area (Å²) in [6.07, 6.45) is 5.82. The van der Waals surface area contributed by atoms with Crippen LogP contribution in [0.4, 0.5) is 10.1 Å². The summed E-state index contributed by atoms with van der Waals surface area (Å²) in [5.41, 5.74) is 2.50. The van der Waals surface area contributed by atoms with Crippen LogP contribution in [0.3, 0.4) is 0 Å². The maximum Gasteiger partial charge on any atom is 0.274 e. The smallest absolute Gasteiger partial charge is 0.274 e. The van der Waals surface area contributed by atoms with Crippen molar-refractivity contribution in [3.8, 4) is 11.4 Å². The molecule has 1 N–H and O–H groups in total. The summed E-state index contributed by atoms with van der Waals surface area (Å²) in [4.78, 5) is 20.8. The standard InChI is InChI=1S/C16H10BrN5O2.C3H5F/c17-11-5-4-10(15-19-9-24-21-15)7-12(11)20-16(23)13-8-18-14-3-1-2-6-22(13)14;4-3-1-2-3/h1-9H,(H,20,23);3H,1-2H2. The first-order chi connectivity index (χ1) is 13.6. The summed E-state index contributed by atoms with van der Waals surface area (Å²) >= 11 is 3.43. The number of benzene rings is 1. The third-order valence-corrected chi connectivity index (χ3v) is 4.68. The molecule has 28 heavy (non-hydrogen) atoms. The molecule has 4 aromatic rings. The first-order valence-electron chi connectivity index (χ1n) is 8.55. The molecule has 7 nitrogen and oxygen atoms in total. The number of rotatable bonds is 3. The van der Waals surface area contributed by atoms with E-state index in [9.17, 15) is 9.18 Å². The average Bonchev–Trinajstić information content (AvgIpc) is 3.16. The van der Waals surface area contributed by atoms with E-state index in [1.54, 1.807) is 22.9 Å². The zero-order valence-electron chi connectivity index (χ0n) is 14.5. The number of nitrogens with zero attached hydrogens (tertiary/aromatic N) is 4. The second kappa shape index (κ2) is 7.89. The molecule has 0 radical (unpaired) electrons. The molecule has 0 spiro atoms. The molecule has 0 saturated heterocycles. The first-order valence-corrected chi connectivity index (χ1v) is 9.35.